The number of hydrogen-bond acceptors (Lipinski definition) is 2. The highest BCUT2D eigenvalue weighted by Crippen LogP contribution is 2.65. The van der Waals surface area contributed by atoms with Gasteiger partial charge in [0.2, 0.25) is 0 Å². The predicted octanol–water partition coefficient (Wildman–Crippen LogP) is 4.45. The van der Waals surface area contributed by atoms with Crippen LogP contribution in [0.15, 0.2) is 11.6 Å². The molecule has 4 aliphatic carbocycles. The molecule has 4 aliphatic rings. The zero-order valence-electron chi connectivity index (χ0n) is 14.8. The van der Waals surface area contributed by atoms with Crippen LogP contribution in [0.2, 0.25) is 0 Å². The number of aliphatic hydroxyl groups is 2. The van der Waals surface area contributed by atoms with Crippen LogP contribution >= 0.6 is 0 Å². The van der Waals surface area contributed by atoms with Crippen LogP contribution < -0.4 is 0 Å². The molecule has 0 aromatic heterocycles. The maximum Gasteiger partial charge on any atom is 0.0577 e. The van der Waals surface area contributed by atoms with Crippen molar-refractivity contribution in [3.05, 3.63) is 11.6 Å². The standard InChI is InChI=1S/C21H34O2/c1-20-11-7-16(23)14-15(20)5-6-17-18(20)8-12-21(10-3-13-22)9-2-4-19(17)21/h5,16-19,22-23H,2-4,6-14H2,1H3/t16-,17?,18?,19?,20-,21+/m0/s1. The lowest BCUT2D eigenvalue weighted by atomic mass is 9.47. The van der Waals surface area contributed by atoms with Crippen LogP contribution in [0.5, 0.6) is 0 Å². The van der Waals surface area contributed by atoms with Crippen molar-refractivity contribution in [1.29, 1.82) is 0 Å². The summed E-state index contributed by atoms with van der Waals surface area (Å²) < 4.78 is 0. The third-order valence-corrected chi connectivity index (χ3v) is 8.44. The van der Waals surface area contributed by atoms with E-state index >= 15 is 0 Å². The summed E-state index contributed by atoms with van der Waals surface area (Å²) in [6.45, 7) is 2.87. The second-order valence-electron chi connectivity index (χ2n) is 9.28. The van der Waals surface area contributed by atoms with Crippen LogP contribution in [0.4, 0.5) is 0 Å². The molecular weight excluding hydrogens is 284 g/mol. The van der Waals surface area contributed by atoms with Gasteiger partial charge in [-0.3, -0.25) is 0 Å². The molecule has 0 aromatic carbocycles. The molecule has 0 amide bonds. The first-order chi connectivity index (χ1) is 11.1. The maximum atomic E-state index is 10.1. The Morgan fingerprint density at radius 3 is 2.83 bits per heavy atom. The molecule has 6 atom stereocenters. The third kappa shape index (κ3) is 2.43. The number of hydrogen-bond donors (Lipinski definition) is 2. The van der Waals surface area contributed by atoms with Gasteiger partial charge in [-0.05, 0) is 92.8 Å². The van der Waals surface area contributed by atoms with Crippen molar-refractivity contribution >= 4 is 0 Å². The minimum absolute atomic E-state index is 0.0930. The fraction of sp³-hybridized carbons (Fsp3) is 0.905. The predicted molar refractivity (Wildman–Crippen MR) is 93.0 cm³/mol. The molecule has 3 fully saturated rings. The van der Waals surface area contributed by atoms with E-state index in [2.05, 4.69) is 13.0 Å². The summed E-state index contributed by atoms with van der Waals surface area (Å²) in [6, 6.07) is 0. The van der Waals surface area contributed by atoms with Gasteiger partial charge in [0.25, 0.3) is 0 Å². The van der Waals surface area contributed by atoms with Crippen LogP contribution in [-0.4, -0.2) is 22.9 Å². The van der Waals surface area contributed by atoms with Crippen molar-refractivity contribution in [1.82, 2.24) is 0 Å². The lowest BCUT2D eigenvalue weighted by Gasteiger charge is -2.58. The first-order valence-electron chi connectivity index (χ1n) is 10.1. The van der Waals surface area contributed by atoms with E-state index in [0.717, 1.165) is 37.0 Å². The topological polar surface area (TPSA) is 40.5 Å². The molecule has 0 saturated heterocycles. The Kier molecular flexibility index (Phi) is 4.13. The molecule has 0 radical (unpaired) electrons. The average molecular weight is 319 g/mol. The van der Waals surface area contributed by atoms with Gasteiger partial charge >= 0.3 is 0 Å². The van der Waals surface area contributed by atoms with Gasteiger partial charge in [-0.25, -0.2) is 0 Å². The van der Waals surface area contributed by atoms with Crippen LogP contribution in [-0.2, 0) is 0 Å². The fourth-order valence-electron chi connectivity index (χ4n) is 7.30. The first kappa shape index (κ1) is 16.1. The molecule has 0 spiro atoms. The van der Waals surface area contributed by atoms with Crippen LogP contribution in [0.25, 0.3) is 0 Å². The number of allylic oxidation sites excluding steroid dienone is 1. The Morgan fingerprint density at radius 2 is 2.00 bits per heavy atom. The molecule has 0 heterocycles. The monoisotopic (exact) mass is 318 g/mol. The molecule has 4 rings (SSSR count). The van der Waals surface area contributed by atoms with Gasteiger partial charge in [-0.1, -0.05) is 25.0 Å². The molecule has 130 valence electrons. The van der Waals surface area contributed by atoms with E-state index in [0.29, 0.717) is 17.4 Å². The molecule has 0 aromatic rings. The van der Waals surface area contributed by atoms with E-state index in [1.54, 1.807) is 5.57 Å². The highest BCUT2D eigenvalue weighted by molar-refractivity contribution is 5.25. The Bertz CT molecular complexity index is 484. The summed E-state index contributed by atoms with van der Waals surface area (Å²) in [5.41, 5.74) is 2.51. The fourth-order valence-corrected chi connectivity index (χ4v) is 7.30. The van der Waals surface area contributed by atoms with Gasteiger partial charge in [-0.15, -0.1) is 0 Å². The normalized spacial score (nSPS) is 49.1. The summed E-state index contributed by atoms with van der Waals surface area (Å²) in [5, 5.41) is 19.4. The van der Waals surface area contributed by atoms with Gasteiger partial charge in [0.05, 0.1) is 6.10 Å². The molecule has 2 heteroatoms. The lowest BCUT2D eigenvalue weighted by molar-refractivity contribution is -0.0480. The van der Waals surface area contributed by atoms with E-state index in [4.69, 9.17) is 0 Å². The Hall–Kier alpha value is -0.340. The molecule has 3 unspecified atom stereocenters. The highest BCUT2D eigenvalue weighted by Gasteiger charge is 2.56. The summed E-state index contributed by atoms with van der Waals surface area (Å²) in [6.07, 6.45) is 16.1. The van der Waals surface area contributed by atoms with Gasteiger partial charge in [-0.2, -0.15) is 0 Å². The van der Waals surface area contributed by atoms with E-state index in [-0.39, 0.29) is 6.10 Å². The number of rotatable bonds is 3. The summed E-state index contributed by atoms with van der Waals surface area (Å²) in [5.74, 6) is 2.61. The van der Waals surface area contributed by atoms with Crippen molar-refractivity contribution in [3.8, 4) is 0 Å². The minimum Gasteiger partial charge on any atom is -0.396 e. The van der Waals surface area contributed by atoms with Gasteiger partial charge in [0.15, 0.2) is 0 Å². The number of fused-ring (bicyclic) bond motifs is 5. The van der Waals surface area contributed by atoms with Gasteiger partial charge in [0, 0.05) is 6.61 Å². The molecule has 0 aliphatic heterocycles. The van der Waals surface area contributed by atoms with Crippen LogP contribution in [0.1, 0.15) is 77.6 Å². The Morgan fingerprint density at radius 1 is 1.13 bits per heavy atom. The second kappa shape index (κ2) is 5.88. The number of aliphatic hydroxyl groups excluding tert-OH is 2. The second-order valence-corrected chi connectivity index (χ2v) is 9.28. The van der Waals surface area contributed by atoms with Crippen molar-refractivity contribution in [2.24, 2.45) is 28.6 Å². The minimum atomic E-state index is -0.0930. The lowest BCUT2D eigenvalue weighted by Crippen LogP contribution is -2.50. The van der Waals surface area contributed by atoms with Crippen molar-refractivity contribution in [2.45, 2.75) is 83.7 Å². The SMILES string of the molecule is C[C@]12CC[C@H](O)CC1=CCC1C3CCC[C@@]3(CCCO)CCC12. The zero-order valence-corrected chi connectivity index (χ0v) is 14.8. The van der Waals surface area contributed by atoms with Crippen molar-refractivity contribution < 1.29 is 10.2 Å². The maximum absolute atomic E-state index is 10.1. The summed E-state index contributed by atoms with van der Waals surface area (Å²) >= 11 is 0. The molecular formula is C21H34O2. The zero-order chi connectivity index (χ0) is 16.1. The molecule has 2 nitrogen and oxygen atoms in total. The quantitative estimate of drug-likeness (QED) is 0.755. The largest absolute Gasteiger partial charge is 0.396 e. The smallest absolute Gasteiger partial charge is 0.0577 e. The van der Waals surface area contributed by atoms with Crippen LogP contribution in [0, 0.1) is 28.6 Å². The molecule has 2 N–H and O–H groups in total. The third-order valence-electron chi connectivity index (χ3n) is 8.44. The Balaban J connectivity index is 1.61. The molecule has 23 heavy (non-hydrogen) atoms. The van der Waals surface area contributed by atoms with E-state index < -0.39 is 0 Å². The average Bonchev–Trinajstić information content (AvgIpc) is 2.98. The first-order valence-corrected chi connectivity index (χ1v) is 10.1. The highest BCUT2D eigenvalue weighted by atomic mass is 16.3. The Labute approximate surface area is 141 Å². The molecule has 3 saturated carbocycles. The van der Waals surface area contributed by atoms with E-state index in [9.17, 15) is 10.2 Å². The van der Waals surface area contributed by atoms with Gasteiger partial charge in [0.1, 0.15) is 0 Å². The van der Waals surface area contributed by atoms with Gasteiger partial charge < -0.3 is 10.2 Å². The van der Waals surface area contributed by atoms with Crippen LogP contribution in [0.3, 0.4) is 0 Å². The van der Waals surface area contributed by atoms with Crippen molar-refractivity contribution in [3.63, 3.8) is 0 Å². The summed E-state index contributed by atoms with van der Waals surface area (Å²) in [4.78, 5) is 0. The van der Waals surface area contributed by atoms with E-state index in [1.807, 2.05) is 0 Å². The van der Waals surface area contributed by atoms with Crippen molar-refractivity contribution in [2.75, 3.05) is 6.61 Å². The molecule has 0 bridgehead atoms. The van der Waals surface area contributed by atoms with E-state index in [1.165, 1.54) is 51.4 Å². The summed E-state index contributed by atoms with van der Waals surface area (Å²) in [7, 11) is 0.